The first kappa shape index (κ1) is 10.5. The molecular weight excluding hydrogens is 238 g/mol. The molecule has 7 heteroatoms. The first-order valence-corrected chi connectivity index (χ1v) is 6.36. The van der Waals surface area contributed by atoms with E-state index >= 15 is 0 Å². The maximum Gasteiger partial charge on any atom is 0.228 e. The Balaban J connectivity index is 1.61. The van der Waals surface area contributed by atoms with E-state index in [4.69, 9.17) is 10.3 Å². The van der Waals surface area contributed by atoms with Gasteiger partial charge < -0.3 is 15.6 Å². The summed E-state index contributed by atoms with van der Waals surface area (Å²) in [4.78, 5) is 3.97. The molecule has 1 saturated carbocycles. The van der Waals surface area contributed by atoms with E-state index in [2.05, 4.69) is 19.8 Å². The lowest BCUT2D eigenvalue weighted by Gasteiger charge is -2.04. The summed E-state index contributed by atoms with van der Waals surface area (Å²) in [6.45, 7) is 0.754. The molecule has 90 valence electrons. The minimum Gasteiger partial charge on any atom is -0.383 e. The van der Waals surface area contributed by atoms with Crippen molar-refractivity contribution in [3.63, 3.8) is 0 Å². The van der Waals surface area contributed by atoms with Gasteiger partial charge in [0.15, 0.2) is 6.33 Å². The van der Waals surface area contributed by atoms with Crippen molar-refractivity contribution in [1.29, 1.82) is 0 Å². The van der Waals surface area contributed by atoms with Crippen LogP contribution in [0.25, 0.3) is 0 Å². The predicted octanol–water partition coefficient (Wildman–Crippen LogP) is 1.64. The Bertz CT molecular complexity index is 491. The smallest absolute Gasteiger partial charge is 0.228 e. The summed E-state index contributed by atoms with van der Waals surface area (Å²) in [5.41, 5.74) is 7.06. The van der Waals surface area contributed by atoms with Gasteiger partial charge in [-0.1, -0.05) is 5.16 Å². The molecule has 0 radical (unpaired) electrons. The van der Waals surface area contributed by atoms with Crippen LogP contribution in [0.1, 0.15) is 30.2 Å². The Hall–Kier alpha value is -1.63. The summed E-state index contributed by atoms with van der Waals surface area (Å²) in [7, 11) is 0. The van der Waals surface area contributed by atoms with Crippen molar-refractivity contribution < 1.29 is 4.52 Å². The SMILES string of the molecule is Nc1nsc(NCCc2ncno2)c1C1CC1. The fourth-order valence-electron chi connectivity index (χ4n) is 1.79. The Morgan fingerprint density at radius 3 is 3.12 bits per heavy atom. The van der Waals surface area contributed by atoms with E-state index in [0.29, 0.717) is 24.0 Å². The maximum atomic E-state index is 5.87. The third-order valence-corrected chi connectivity index (χ3v) is 3.61. The molecule has 1 aliphatic carbocycles. The Morgan fingerprint density at radius 1 is 1.53 bits per heavy atom. The van der Waals surface area contributed by atoms with Crippen molar-refractivity contribution in [2.45, 2.75) is 25.2 Å². The van der Waals surface area contributed by atoms with Crippen molar-refractivity contribution in [1.82, 2.24) is 14.5 Å². The molecule has 0 saturated heterocycles. The van der Waals surface area contributed by atoms with Crippen molar-refractivity contribution in [3.8, 4) is 0 Å². The molecule has 1 fully saturated rings. The molecule has 0 unspecified atom stereocenters. The summed E-state index contributed by atoms with van der Waals surface area (Å²) in [5.74, 6) is 1.93. The lowest BCUT2D eigenvalue weighted by atomic mass is 10.2. The standard InChI is InChI=1S/C10H13N5OS/c11-9-8(6-1-2-6)10(17-15-9)12-4-3-7-13-5-14-16-7/h5-6,12H,1-4H2,(H2,11,15). The highest BCUT2D eigenvalue weighted by Crippen LogP contribution is 2.47. The van der Waals surface area contributed by atoms with Gasteiger partial charge in [-0.3, -0.25) is 0 Å². The van der Waals surface area contributed by atoms with Crippen LogP contribution in [0.4, 0.5) is 10.8 Å². The van der Waals surface area contributed by atoms with Gasteiger partial charge in [0.25, 0.3) is 0 Å². The second kappa shape index (κ2) is 4.33. The van der Waals surface area contributed by atoms with Gasteiger partial charge >= 0.3 is 0 Å². The van der Waals surface area contributed by atoms with Gasteiger partial charge in [0.2, 0.25) is 5.89 Å². The third kappa shape index (κ3) is 2.23. The molecule has 3 rings (SSSR count). The first-order valence-electron chi connectivity index (χ1n) is 5.59. The minimum absolute atomic E-state index is 0.611. The van der Waals surface area contributed by atoms with Crippen LogP contribution in [-0.4, -0.2) is 21.1 Å². The number of nitrogens with one attached hydrogen (secondary N) is 1. The zero-order valence-electron chi connectivity index (χ0n) is 9.22. The van der Waals surface area contributed by atoms with E-state index < -0.39 is 0 Å². The second-order valence-electron chi connectivity index (χ2n) is 4.10. The molecule has 0 spiro atoms. The fraction of sp³-hybridized carbons (Fsp3) is 0.500. The first-order chi connectivity index (χ1) is 8.34. The molecule has 0 aliphatic heterocycles. The molecule has 3 N–H and O–H groups in total. The van der Waals surface area contributed by atoms with Gasteiger partial charge in [0.1, 0.15) is 10.8 Å². The largest absolute Gasteiger partial charge is 0.383 e. The lowest BCUT2D eigenvalue weighted by molar-refractivity contribution is 0.380. The molecule has 2 aromatic heterocycles. The number of nitrogen functional groups attached to an aromatic ring is 1. The molecule has 0 bridgehead atoms. The topological polar surface area (TPSA) is 89.9 Å². The Kier molecular flexibility index (Phi) is 2.68. The highest BCUT2D eigenvalue weighted by Gasteiger charge is 2.30. The van der Waals surface area contributed by atoms with E-state index in [0.717, 1.165) is 11.5 Å². The third-order valence-electron chi connectivity index (χ3n) is 2.77. The molecule has 0 aromatic carbocycles. The number of hydrogen-bond acceptors (Lipinski definition) is 7. The maximum absolute atomic E-state index is 5.87. The van der Waals surface area contributed by atoms with Gasteiger partial charge in [-0.05, 0) is 30.3 Å². The number of aromatic nitrogens is 3. The summed E-state index contributed by atoms with van der Waals surface area (Å²) in [6.07, 6.45) is 4.57. The number of anilines is 2. The summed E-state index contributed by atoms with van der Waals surface area (Å²) < 4.78 is 9.13. The van der Waals surface area contributed by atoms with Crippen molar-refractivity contribution in [3.05, 3.63) is 17.8 Å². The molecular formula is C10H13N5OS. The van der Waals surface area contributed by atoms with E-state index in [1.807, 2.05) is 0 Å². The van der Waals surface area contributed by atoms with Crippen molar-refractivity contribution in [2.24, 2.45) is 0 Å². The minimum atomic E-state index is 0.611. The van der Waals surface area contributed by atoms with Gasteiger partial charge in [0, 0.05) is 18.5 Å². The Morgan fingerprint density at radius 2 is 2.41 bits per heavy atom. The number of rotatable bonds is 5. The predicted molar refractivity (Wildman–Crippen MR) is 65.0 cm³/mol. The molecule has 17 heavy (non-hydrogen) atoms. The number of nitrogens with two attached hydrogens (primary N) is 1. The average molecular weight is 251 g/mol. The fourth-order valence-corrected chi connectivity index (χ4v) is 2.62. The summed E-state index contributed by atoms with van der Waals surface area (Å²) in [5, 5.41) is 7.99. The van der Waals surface area contributed by atoms with E-state index in [9.17, 15) is 0 Å². The molecule has 6 nitrogen and oxygen atoms in total. The Labute approximate surface area is 102 Å². The van der Waals surface area contributed by atoms with Gasteiger partial charge in [-0.25, -0.2) is 0 Å². The van der Waals surface area contributed by atoms with Crippen LogP contribution in [0.15, 0.2) is 10.9 Å². The number of hydrogen-bond donors (Lipinski definition) is 2. The van der Waals surface area contributed by atoms with Crippen LogP contribution in [-0.2, 0) is 6.42 Å². The van der Waals surface area contributed by atoms with Crippen molar-refractivity contribution in [2.75, 3.05) is 17.6 Å². The van der Waals surface area contributed by atoms with Crippen LogP contribution in [0.3, 0.4) is 0 Å². The van der Waals surface area contributed by atoms with Gasteiger partial charge in [0.05, 0.1) is 0 Å². The van der Waals surface area contributed by atoms with Crippen LogP contribution in [0.5, 0.6) is 0 Å². The van der Waals surface area contributed by atoms with Crippen LogP contribution in [0.2, 0.25) is 0 Å². The normalized spacial score (nSPS) is 15.1. The monoisotopic (exact) mass is 251 g/mol. The number of nitrogens with zero attached hydrogens (tertiary/aromatic N) is 3. The highest BCUT2D eigenvalue weighted by molar-refractivity contribution is 7.10. The summed E-state index contributed by atoms with van der Waals surface area (Å²) in [6, 6.07) is 0. The van der Waals surface area contributed by atoms with Crippen LogP contribution >= 0.6 is 11.5 Å². The highest BCUT2D eigenvalue weighted by atomic mass is 32.1. The lowest BCUT2D eigenvalue weighted by Crippen LogP contribution is -2.05. The molecule has 0 atom stereocenters. The van der Waals surface area contributed by atoms with Gasteiger partial charge in [-0.15, -0.1) is 0 Å². The van der Waals surface area contributed by atoms with Crippen LogP contribution < -0.4 is 11.1 Å². The van der Waals surface area contributed by atoms with E-state index in [1.165, 1.54) is 36.3 Å². The van der Waals surface area contributed by atoms with Gasteiger partial charge in [-0.2, -0.15) is 9.36 Å². The molecule has 2 aromatic rings. The zero-order valence-corrected chi connectivity index (χ0v) is 10.0. The second-order valence-corrected chi connectivity index (χ2v) is 4.87. The van der Waals surface area contributed by atoms with E-state index in [-0.39, 0.29) is 0 Å². The molecule has 1 aliphatic rings. The summed E-state index contributed by atoms with van der Waals surface area (Å²) >= 11 is 1.43. The average Bonchev–Trinajstić information content (AvgIpc) is 2.88. The quantitative estimate of drug-likeness (QED) is 0.839. The zero-order chi connectivity index (χ0) is 11.7. The van der Waals surface area contributed by atoms with Crippen LogP contribution in [0, 0.1) is 0 Å². The molecule has 0 amide bonds. The van der Waals surface area contributed by atoms with Crippen molar-refractivity contribution >= 4 is 22.4 Å². The molecule has 2 heterocycles. The van der Waals surface area contributed by atoms with E-state index in [1.54, 1.807) is 0 Å².